The highest BCUT2D eigenvalue weighted by Crippen LogP contribution is 2.50. The number of nitrogens with zero attached hydrogens (tertiary/aromatic N) is 1. The molecule has 0 bridgehead atoms. The molecule has 3 rings (SSSR count). The largest absolute Gasteiger partial charge is 0.354 e. The Morgan fingerprint density at radius 1 is 1.50 bits per heavy atom. The summed E-state index contributed by atoms with van der Waals surface area (Å²) in [6.45, 7) is 1.46. The van der Waals surface area contributed by atoms with Crippen LogP contribution < -0.4 is 5.32 Å². The first-order valence-corrected chi connectivity index (χ1v) is 7.46. The molecule has 1 aliphatic carbocycles. The van der Waals surface area contributed by atoms with E-state index in [0.29, 0.717) is 13.0 Å². The van der Waals surface area contributed by atoms with Crippen molar-refractivity contribution in [3.63, 3.8) is 0 Å². The monoisotopic (exact) mass is 268 g/mol. The van der Waals surface area contributed by atoms with Gasteiger partial charge in [0, 0.05) is 19.5 Å². The zero-order valence-electron chi connectivity index (χ0n) is 10.5. The van der Waals surface area contributed by atoms with E-state index in [1.165, 1.54) is 0 Å². The van der Waals surface area contributed by atoms with Crippen molar-refractivity contribution >= 4 is 24.4 Å². The summed E-state index contributed by atoms with van der Waals surface area (Å²) in [5.41, 5.74) is 0.170. The molecule has 0 aromatic rings. The normalized spacial score (nSPS) is 32.9. The van der Waals surface area contributed by atoms with E-state index in [-0.39, 0.29) is 29.2 Å². The third-order valence-electron chi connectivity index (χ3n) is 4.74. The Hall–Kier alpha value is -0.710. The van der Waals surface area contributed by atoms with E-state index in [1.807, 2.05) is 4.90 Å². The van der Waals surface area contributed by atoms with E-state index in [2.05, 4.69) is 17.9 Å². The lowest BCUT2D eigenvalue weighted by molar-refractivity contribution is -0.137. The van der Waals surface area contributed by atoms with Crippen molar-refractivity contribution in [1.82, 2.24) is 10.2 Å². The second kappa shape index (κ2) is 4.44. The minimum Gasteiger partial charge on any atom is -0.354 e. The van der Waals surface area contributed by atoms with Crippen molar-refractivity contribution in [1.29, 1.82) is 0 Å². The summed E-state index contributed by atoms with van der Waals surface area (Å²) >= 11 is 4.35. The Labute approximate surface area is 113 Å². The van der Waals surface area contributed by atoms with Gasteiger partial charge in [-0.3, -0.25) is 9.59 Å². The standard InChI is InChI=1S/C13H20N2O2S/c16-11(6-13(8-18)3-4-13)15-5-1-2-9-10(15)7-14-12(9)17/h9-10,18H,1-8H2,(H,14,17). The molecule has 2 saturated heterocycles. The molecule has 1 N–H and O–H groups in total. The molecule has 4 nitrogen and oxygen atoms in total. The maximum absolute atomic E-state index is 12.4. The number of likely N-dealkylation sites (tertiary alicyclic amines) is 1. The first kappa shape index (κ1) is 12.3. The lowest BCUT2D eigenvalue weighted by Crippen LogP contribution is -2.49. The van der Waals surface area contributed by atoms with Gasteiger partial charge >= 0.3 is 0 Å². The highest BCUT2D eigenvalue weighted by atomic mass is 32.1. The van der Waals surface area contributed by atoms with Gasteiger partial charge in [0.2, 0.25) is 11.8 Å². The summed E-state index contributed by atoms with van der Waals surface area (Å²) in [7, 11) is 0. The van der Waals surface area contributed by atoms with Gasteiger partial charge in [-0.2, -0.15) is 12.6 Å². The van der Waals surface area contributed by atoms with Crippen molar-refractivity contribution < 1.29 is 9.59 Å². The average Bonchev–Trinajstić information content (AvgIpc) is 3.06. The highest BCUT2D eigenvalue weighted by Gasteiger charge is 2.47. The van der Waals surface area contributed by atoms with Crippen LogP contribution in [0.3, 0.4) is 0 Å². The van der Waals surface area contributed by atoms with E-state index >= 15 is 0 Å². The number of fused-ring (bicyclic) bond motifs is 1. The SMILES string of the molecule is O=C1NCC2C1CCCN2C(=O)CC1(CS)CC1. The maximum Gasteiger partial charge on any atom is 0.225 e. The molecule has 2 unspecified atom stereocenters. The van der Waals surface area contributed by atoms with Crippen LogP contribution >= 0.6 is 12.6 Å². The Morgan fingerprint density at radius 3 is 2.94 bits per heavy atom. The minimum atomic E-state index is 0.0360. The van der Waals surface area contributed by atoms with Gasteiger partial charge in [-0.15, -0.1) is 0 Å². The first-order valence-electron chi connectivity index (χ1n) is 6.83. The topological polar surface area (TPSA) is 49.4 Å². The minimum absolute atomic E-state index is 0.0360. The molecule has 0 aromatic heterocycles. The maximum atomic E-state index is 12.4. The number of amides is 2. The Kier molecular flexibility index (Phi) is 3.04. The number of hydrogen-bond donors (Lipinski definition) is 2. The van der Waals surface area contributed by atoms with E-state index in [4.69, 9.17) is 0 Å². The van der Waals surface area contributed by atoms with Gasteiger partial charge in [0.05, 0.1) is 12.0 Å². The van der Waals surface area contributed by atoms with Crippen LogP contribution in [-0.2, 0) is 9.59 Å². The summed E-state index contributed by atoms with van der Waals surface area (Å²) in [5, 5.41) is 2.89. The smallest absolute Gasteiger partial charge is 0.225 e. The predicted molar refractivity (Wildman–Crippen MR) is 71.4 cm³/mol. The lowest BCUT2D eigenvalue weighted by Gasteiger charge is -2.36. The van der Waals surface area contributed by atoms with Crippen LogP contribution in [-0.4, -0.2) is 41.6 Å². The fourth-order valence-corrected chi connectivity index (χ4v) is 3.68. The third kappa shape index (κ3) is 2.02. The van der Waals surface area contributed by atoms with Crippen molar-refractivity contribution in [2.45, 2.75) is 38.1 Å². The molecule has 3 fully saturated rings. The molecular weight excluding hydrogens is 248 g/mol. The Balaban J connectivity index is 1.68. The molecule has 0 spiro atoms. The molecule has 1 saturated carbocycles. The van der Waals surface area contributed by atoms with Gasteiger partial charge in [0.25, 0.3) is 0 Å². The molecule has 2 heterocycles. The van der Waals surface area contributed by atoms with Gasteiger partial charge in [-0.05, 0) is 36.9 Å². The molecule has 2 amide bonds. The molecule has 18 heavy (non-hydrogen) atoms. The van der Waals surface area contributed by atoms with Crippen LogP contribution in [0.25, 0.3) is 0 Å². The highest BCUT2D eigenvalue weighted by molar-refractivity contribution is 7.80. The Morgan fingerprint density at radius 2 is 2.28 bits per heavy atom. The number of hydrogen-bond acceptors (Lipinski definition) is 3. The van der Waals surface area contributed by atoms with E-state index in [9.17, 15) is 9.59 Å². The number of nitrogens with one attached hydrogen (secondary N) is 1. The lowest BCUT2D eigenvalue weighted by atomic mass is 9.90. The second-order valence-electron chi connectivity index (χ2n) is 5.98. The molecule has 0 radical (unpaired) electrons. The fraction of sp³-hybridized carbons (Fsp3) is 0.846. The summed E-state index contributed by atoms with van der Waals surface area (Å²) in [6, 6.07) is 0.106. The summed E-state index contributed by atoms with van der Waals surface area (Å²) in [4.78, 5) is 26.0. The number of piperidine rings is 1. The van der Waals surface area contributed by atoms with E-state index < -0.39 is 0 Å². The molecule has 2 aliphatic heterocycles. The van der Waals surface area contributed by atoms with Crippen LogP contribution in [0.1, 0.15) is 32.1 Å². The molecule has 2 atom stereocenters. The molecule has 5 heteroatoms. The van der Waals surface area contributed by atoms with Gasteiger partial charge < -0.3 is 10.2 Å². The van der Waals surface area contributed by atoms with Gasteiger partial charge in [-0.1, -0.05) is 0 Å². The van der Waals surface area contributed by atoms with E-state index in [1.54, 1.807) is 0 Å². The van der Waals surface area contributed by atoms with Crippen molar-refractivity contribution in [3.8, 4) is 0 Å². The Bertz CT molecular complexity index is 381. The van der Waals surface area contributed by atoms with Crippen LogP contribution in [0, 0.1) is 11.3 Å². The third-order valence-corrected chi connectivity index (χ3v) is 5.41. The first-order chi connectivity index (χ1) is 8.65. The number of rotatable bonds is 3. The van der Waals surface area contributed by atoms with Crippen LogP contribution in [0.2, 0.25) is 0 Å². The molecule has 0 aromatic carbocycles. The molecule has 3 aliphatic rings. The fourth-order valence-electron chi connectivity index (χ4n) is 3.25. The van der Waals surface area contributed by atoms with Crippen LogP contribution in [0.15, 0.2) is 0 Å². The van der Waals surface area contributed by atoms with E-state index in [0.717, 1.165) is 38.0 Å². The van der Waals surface area contributed by atoms with Crippen molar-refractivity contribution in [2.75, 3.05) is 18.8 Å². The van der Waals surface area contributed by atoms with Gasteiger partial charge in [0.1, 0.15) is 0 Å². The summed E-state index contributed by atoms with van der Waals surface area (Å²) in [6.07, 6.45) is 4.75. The van der Waals surface area contributed by atoms with Crippen LogP contribution in [0.4, 0.5) is 0 Å². The van der Waals surface area contributed by atoms with Crippen LogP contribution in [0.5, 0.6) is 0 Å². The average molecular weight is 268 g/mol. The number of carbonyl (C=O) groups is 2. The quantitative estimate of drug-likeness (QED) is 0.745. The van der Waals surface area contributed by atoms with Gasteiger partial charge in [0.15, 0.2) is 0 Å². The van der Waals surface area contributed by atoms with Gasteiger partial charge in [-0.25, -0.2) is 0 Å². The van der Waals surface area contributed by atoms with Crippen molar-refractivity contribution in [3.05, 3.63) is 0 Å². The number of carbonyl (C=O) groups excluding carboxylic acids is 2. The second-order valence-corrected chi connectivity index (χ2v) is 6.30. The summed E-state index contributed by atoms with van der Waals surface area (Å²) < 4.78 is 0. The summed E-state index contributed by atoms with van der Waals surface area (Å²) in [5.74, 6) is 1.20. The molecular formula is C13H20N2O2S. The zero-order valence-corrected chi connectivity index (χ0v) is 11.4. The number of thiol groups is 1. The predicted octanol–water partition coefficient (Wildman–Crippen LogP) is 0.823. The van der Waals surface area contributed by atoms with Crippen molar-refractivity contribution in [2.24, 2.45) is 11.3 Å². The zero-order chi connectivity index (χ0) is 12.8. The molecule has 100 valence electrons.